The quantitative estimate of drug-likeness (QED) is 0.191. The van der Waals surface area contributed by atoms with Crippen LogP contribution in [0.5, 0.6) is 0 Å². The summed E-state index contributed by atoms with van der Waals surface area (Å²) in [6.07, 6.45) is 0.768. The lowest BCUT2D eigenvalue weighted by molar-refractivity contribution is 0.0596. The van der Waals surface area contributed by atoms with Crippen molar-refractivity contribution in [3.8, 4) is 11.3 Å². The summed E-state index contributed by atoms with van der Waals surface area (Å²) in [6.45, 7) is 6.67. The summed E-state index contributed by atoms with van der Waals surface area (Å²) >= 11 is 7.24. The number of rotatable bonds is 5. The highest BCUT2D eigenvalue weighted by Crippen LogP contribution is 2.40. The maximum absolute atomic E-state index is 14.5. The number of pyridine rings is 1. The van der Waals surface area contributed by atoms with Gasteiger partial charge in [-0.1, -0.05) is 25.1 Å². The summed E-state index contributed by atoms with van der Waals surface area (Å²) in [6, 6.07) is 10.3. The van der Waals surface area contributed by atoms with Crippen LogP contribution in [0.4, 0.5) is 4.39 Å². The van der Waals surface area contributed by atoms with E-state index in [9.17, 15) is 9.18 Å². The van der Waals surface area contributed by atoms with Gasteiger partial charge in [0.1, 0.15) is 28.3 Å². The SMILES string of the molecule is CCc1nc2c(C)c(Br)c(C)nc2n1Cc1ccc2oc(-c3cccc(F)c3C(=O)OC)c(Br)c2c1. The van der Waals surface area contributed by atoms with Crippen LogP contribution in [0.1, 0.15) is 39.9 Å². The second kappa shape index (κ2) is 9.44. The van der Waals surface area contributed by atoms with Crippen molar-refractivity contribution in [1.82, 2.24) is 14.5 Å². The molecule has 0 radical (unpaired) electrons. The van der Waals surface area contributed by atoms with Crippen molar-refractivity contribution in [3.63, 3.8) is 0 Å². The Labute approximate surface area is 223 Å². The highest BCUT2D eigenvalue weighted by molar-refractivity contribution is 9.11. The molecule has 0 aliphatic rings. The van der Waals surface area contributed by atoms with E-state index in [1.807, 2.05) is 32.0 Å². The summed E-state index contributed by atoms with van der Waals surface area (Å²) in [7, 11) is 1.22. The highest BCUT2D eigenvalue weighted by Gasteiger charge is 2.24. The van der Waals surface area contributed by atoms with Gasteiger partial charge < -0.3 is 13.7 Å². The number of methoxy groups -OCH3 is 1. The first-order valence-electron chi connectivity index (χ1n) is 11.3. The number of hydrogen-bond acceptors (Lipinski definition) is 5. The number of fused-ring (bicyclic) bond motifs is 2. The number of carbonyl (C=O) groups is 1. The number of esters is 1. The minimum Gasteiger partial charge on any atom is -0.465 e. The second-order valence-electron chi connectivity index (χ2n) is 8.51. The predicted molar refractivity (Wildman–Crippen MR) is 144 cm³/mol. The van der Waals surface area contributed by atoms with Gasteiger partial charge in [-0.15, -0.1) is 0 Å². The maximum atomic E-state index is 14.5. The summed E-state index contributed by atoms with van der Waals surface area (Å²) in [5.74, 6) is -0.120. The van der Waals surface area contributed by atoms with Crippen LogP contribution >= 0.6 is 31.9 Å². The van der Waals surface area contributed by atoms with Crippen LogP contribution in [-0.4, -0.2) is 27.6 Å². The van der Waals surface area contributed by atoms with Crippen LogP contribution in [0.15, 0.2) is 49.8 Å². The molecule has 0 bridgehead atoms. The molecule has 3 heterocycles. The lowest BCUT2D eigenvalue weighted by atomic mass is 10.0. The molecule has 5 aromatic rings. The second-order valence-corrected chi connectivity index (χ2v) is 10.1. The van der Waals surface area contributed by atoms with Crippen molar-refractivity contribution >= 4 is 60.0 Å². The van der Waals surface area contributed by atoms with Gasteiger partial charge in [-0.2, -0.15) is 0 Å². The molecule has 0 amide bonds. The Kier molecular flexibility index (Phi) is 6.46. The van der Waals surface area contributed by atoms with E-state index in [-0.39, 0.29) is 5.56 Å². The molecule has 184 valence electrons. The van der Waals surface area contributed by atoms with E-state index in [2.05, 4.69) is 43.4 Å². The van der Waals surface area contributed by atoms with Crippen LogP contribution in [0.3, 0.4) is 0 Å². The average molecular weight is 615 g/mol. The number of halogens is 3. The number of ether oxygens (including phenoxy) is 1. The zero-order valence-electron chi connectivity index (χ0n) is 20.1. The molecule has 9 heteroatoms. The standard InChI is InChI=1S/C27H22Br2FN3O3/c1-5-20-32-24-13(2)22(28)14(3)31-26(24)33(20)12-15-9-10-19-17(11-15)23(29)25(36-19)16-7-6-8-18(30)21(16)27(34)35-4/h6-11H,5,12H2,1-4H3. The van der Waals surface area contributed by atoms with E-state index in [0.717, 1.165) is 50.1 Å². The molecule has 0 saturated heterocycles. The zero-order chi connectivity index (χ0) is 25.7. The fourth-order valence-electron chi connectivity index (χ4n) is 4.47. The van der Waals surface area contributed by atoms with Gasteiger partial charge in [-0.3, -0.25) is 0 Å². The summed E-state index contributed by atoms with van der Waals surface area (Å²) < 4.78 is 29.2. The summed E-state index contributed by atoms with van der Waals surface area (Å²) in [5.41, 5.74) is 5.51. The molecule has 36 heavy (non-hydrogen) atoms. The van der Waals surface area contributed by atoms with E-state index in [0.29, 0.717) is 27.9 Å². The number of aryl methyl sites for hydroxylation is 3. The zero-order valence-corrected chi connectivity index (χ0v) is 23.3. The molecule has 0 atom stereocenters. The van der Waals surface area contributed by atoms with E-state index in [1.54, 1.807) is 6.07 Å². The van der Waals surface area contributed by atoms with E-state index in [1.165, 1.54) is 19.2 Å². The van der Waals surface area contributed by atoms with Gasteiger partial charge >= 0.3 is 5.97 Å². The van der Waals surface area contributed by atoms with Crippen molar-refractivity contribution in [3.05, 3.63) is 79.4 Å². The minimum atomic E-state index is -0.764. The lowest BCUT2D eigenvalue weighted by Gasteiger charge is -2.09. The molecular formula is C27H22Br2FN3O3. The van der Waals surface area contributed by atoms with Gasteiger partial charge in [0.25, 0.3) is 0 Å². The normalized spacial score (nSPS) is 11.5. The molecule has 0 fully saturated rings. The third kappa shape index (κ3) is 3.94. The molecule has 0 aliphatic carbocycles. The van der Waals surface area contributed by atoms with Gasteiger partial charge in [-0.05, 0) is 75.0 Å². The Bertz CT molecular complexity index is 1670. The van der Waals surface area contributed by atoms with E-state index in [4.69, 9.17) is 19.1 Å². The third-order valence-corrected chi connectivity index (χ3v) is 8.25. The molecule has 3 aromatic heterocycles. The fraction of sp³-hybridized carbons (Fsp3) is 0.222. The Morgan fingerprint density at radius 3 is 2.64 bits per heavy atom. The van der Waals surface area contributed by atoms with Crippen molar-refractivity contribution in [1.29, 1.82) is 0 Å². The summed E-state index contributed by atoms with van der Waals surface area (Å²) in [4.78, 5) is 22.0. The van der Waals surface area contributed by atoms with Gasteiger partial charge in [-0.25, -0.2) is 19.2 Å². The van der Waals surface area contributed by atoms with Gasteiger partial charge in [0.05, 0.1) is 23.8 Å². The number of carbonyl (C=O) groups excluding carboxylic acids is 1. The molecule has 0 aliphatic heterocycles. The van der Waals surface area contributed by atoms with Crippen molar-refractivity contribution < 1.29 is 18.3 Å². The maximum Gasteiger partial charge on any atom is 0.341 e. The molecule has 0 unspecified atom stereocenters. The van der Waals surface area contributed by atoms with Crippen LogP contribution in [0.25, 0.3) is 33.5 Å². The highest BCUT2D eigenvalue weighted by atomic mass is 79.9. The monoisotopic (exact) mass is 613 g/mol. The molecular weight excluding hydrogens is 593 g/mol. The summed E-state index contributed by atoms with van der Waals surface area (Å²) in [5, 5.41) is 0.813. The van der Waals surface area contributed by atoms with Crippen molar-refractivity contribution in [2.75, 3.05) is 7.11 Å². The number of aromatic nitrogens is 3. The number of benzene rings is 2. The number of furan rings is 1. The van der Waals surface area contributed by atoms with Crippen LogP contribution < -0.4 is 0 Å². The number of hydrogen-bond donors (Lipinski definition) is 0. The smallest absolute Gasteiger partial charge is 0.341 e. The number of nitrogens with zero attached hydrogens (tertiary/aromatic N) is 3. The topological polar surface area (TPSA) is 70.2 Å². The van der Waals surface area contributed by atoms with E-state index < -0.39 is 11.8 Å². The fourth-order valence-corrected chi connectivity index (χ4v) is 5.35. The van der Waals surface area contributed by atoms with Crippen LogP contribution in [-0.2, 0) is 17.7 Å². The Balaban J connectivity index is 1.62. The first-order valence-corrected chi connectivity index (χ1v) is 12.9. The van der Waals surface area contributed by atoms with Crippen molar-refractivity contribution in [2.45, 2.75) is 33.7 Å². The first-order chi connectivity index (χ1) is 17.2. The minimum absolute atomic E-state index is 0.166. The predicted octanol–water partition coefficient (Wildman–Crippen LogP) is 7.52. The Morgan fingerprint density at radius 1 is 1.14 bits per heavy atom. The number of imidazole rings is 1. The van der Waals surface area contributed by atoms with Gasteiger partial charge in [0, 0.05) is 21.8 Å². The molecule has 0 N–H and O–H groups in total. The Hall–Kier alpha value is -3.04. The van der Waals surface area contributed by atoms with Crippen LogP contribution in [0.2, 0.25) is 0 Å². The van der Waals surface area contributed by atoms with Gasteiger partial charge in [0.2, 0.25) is 0 Å². The first kappa shape index (κ1) is 24.6. The van der Waals surface area contributed by atoms with Crippen LogP contribution in [0, 0.1) is 19.7 Å². The molecule has 5 rings (SSSR count). The average Bonchev–Trinajstić information content (AvgIpc) is 3.39. The molecule has 2 aromatic carbocycles. The third-order valence-electron chi connectivity index (χ3n) is 6.29. The lowest BCUT2D eigenvalue weighted by Crippen LogP contribution is -2.06. The van der Waals surface area contributed by atoms with Gasteiger partial charge in [0.15, 0.2) is 11.4 Å². The molecule has 0 spiro atoms. The van der Waals surface area contributed by atoms with Crippen molar-refractivity contribution in [2.24, 2.45) is 0 Å². The molecule has 0 saturated carbocycles. The molecule has 6 nitrogen and oxygen atoms in total. The van der Waals surface area contributed by atoms with E-state index >= 15 is 0 Å². The largest absolute Gasteiger partial charge is 0.465 e. The Morgan fingerprint density at radius 2 is 1.92 bits per heavy atom.